The predicted molar refractivity (Wildman–Crippen MR) is 140 cm³/mol. The third-order valence-electron chi connectivity index (χ3n) is 13.4. The molecule has 4 saturated carbocycles. The molecule has 0 unspecified atom stereocenters. The molecule has 4 rings (SSSR count). The van der Waals surface area contributed by atoms with Crippen molar-refractivity contribution in [3.05, 3.63) is 0 Å². The van der Waals surface area contributed by atoms with Crippen LogP contribution in [0, 0.1) is 50.2 Å². The molecular formula is C31H52O4. The lowest BCUT2D eigenvalue weighted by molar-refractivity contribution is -0.258. The number of carbonyl (C=O) groups excluding carboxylic acids is 2. The Morgan fingerprint density at radius 3 is 2.11 bits per heavy atom. The average Bonchev–Trinajstić information content (AvgIpc) is 2.79. The highest BCUT2D eigenvalue weighted by Crippen LogP contribution is 2.77. The fourth-order valence-corrected chi connectivity index (χ4v) is 10.6. The largest absolute Gasteiger partial charge is 0.469 e. The first kappa shape index (κ1) is 27.0. The number of ether oxygens (including phenoxy) is 2. The van der Waals surface area contributed by atoms with E-state index in [-0.39, 0.29) is 34.2 Å². The van der Waals surface area contributed by atoms with Crippen molar-refractivity contribution >= 4 is 12.4 Å². The smallest absolute Gasteiger partial charge is 0.305 e. The van der Waals surface area contributed by atoms with Gasteiger partial charge in [0.15, 0.2) is 0 Å². The molecule has 4 heteroatoms. The third kappa shape index (κ3) is 3.81. The second-order valence-corrected chi connectivity index (χ2v) is 15.2. The van der Waals surface area contributed by atoms with Crippen LogP contribution in [0.15, 0.2) is 0 Å². The Balaban J connectivity index is 1.77. The van der Waals surface area contributed by atoms with Gasteiger partial charge < -0.3 is 9.47 Å². The Hall–Kier alpha value is -1.06. The maximum Gasteiger partial charge on any atom is 0.305 e. The van der Waals surface area contributed by atoms with E-state index in [0.717, 1.165) is 25.2 Å². The van der Waals surface area contributed by atoms with Crippen molar-refractivity contribution in [2.75, 3.05) is 7.11 Å². The van der Waals surface area contributed by atoms with Gasteiger partial charge in [-0.25, -0.2) is 0 Å². The summed E-state index contributed by atoms with van der Waals surface area (Å²) in [6, 6.07) is 0. The lowest BCUT2D eigenvalue weighted by Gasteiger charge is -2.74. The third-order valence-corrected chi connectivity index (χ3v) is 13.4. The molecule has 0 aromatic heterocycles. The van der Waals surface area contributed by atoms with Crippen molar-refractivity contribution in [2.45, 2.75) is 126 Å². The number of carbonyl (C=O) groups is 2. The van der Waals surface area contributed by atoms with E-state index in [4.69, 9.17) is 9.47 Å². The highest BCUT2D eigenvalue weighted by molar-refractivity contribution is 5.69. The minimum absolute atomic E-state index is 0.0217. The van der Waals surface area contributed by atoms with Crippen LogP contribution in [0.4, 0.5) is 0 Å². The van der Waals surface area contributed by atoms with Crippen LogP contribution >= 0.6 is 0 Å². The summed E-state index contributed by atoms with van der Waals surface area (Å²) in [4.78, 5) is 24.1. The second-order valence-electron chi connectivity index (χ2n) is 15.2. The van der Waals surface area contributed by atoms with Crippen LogP contribution in [0.2, 0.25) is 0 Å². The number of fused-ring (bicyclic) bond motifs is 5. The molecule has 0 spiro atoms. The number of hydrogen-bond acceptors (Lipinski definition) is 4. The van der Waals surface area contributed by atoms with Crippen molar-refractivity contribution in [2.24, 2.45) is 50.2 Å². The highest BCUT2D eigenvalue weighted by Gasteiger charge is 2.70. The van der Waals surface area contributed by atoms with Crippen LogP contribution in [0.5, 0.6) is 0 Å². The molecule has 0 saturated heterocycles. The van der Waals surface area contributed by atoms with Crippen molar-refractivity contribution in [1.82, 2.24) is 0 Å². The molecular weight excluding hydrogens is 436 g/mol. The van der Waals surface area contributed by atoms with Gasteiger partial charge in [0.2, 0.25) is 0 Å². The molecule has 0 amide bonds. The Morgan fingerprint density at radius 2 is 1.49 bits per heavy atom. The van der Waals surface area contributed by atoms with Crippen LogP contribution in [0.25, 0.3) is 0 Å². The first-order valence-electron chi connectivity index (χ1n) is 14.3. The number of hydrogen-bond donors (Lipinski definition) is 0. The van der Waals surface area contributed by atoms with Gasteiger partial charge in [-0.1, -0.05) is 48.5 Å². The van der Waals surface area contributed by atoms with Crippen LogP contribution in [0.1, 0.15) is 120 Å². The van der Waals surface area contributed by atoms with Crippen LogP contribution < -0.4 is 0 Å². The van der Waals surface area contributed by atoms with Crippen molar-refractivity contribution in [1.29, 1.82) is 0 Å². The number of rotatable bonds is 5. The summed E-state index contributed by atoms with van der Waals surface area (Å²) in [7, 11) is 1.50. The van der Waals surface area contributed by atoms with E-state index in [0.29, 0.717) is 35.1 Å². The van der Waals surface area contributed by atoms with E-state index in [1.807, 2.05) is 6.92 Å². The van der Waals surface area contributed by atoms with Gasteiger partial charge in [0.05, 0.1) is 7.11 Å². The Bertz CT molecular complexity index is 851. The lowest BCUT2D eigenvalue weighted by atomic mass is 9.31. The fraction of sp³-hybridized carbons (Fsp3) is 0.935. The van der Waals surface area contributed by atoms with Gasteiger partial charge in [0, 0.05) is 11.8 Å². The van der Waals surface area contributed by atoms with E-state index in [2.05, 4.69) is 48.5 Å². The van der Waals surface area contributed by atoms with Gasteiger partial charge in [-0.15, -0.1) is 0 Å². The minimum atomic E-state index is -0.236. The molecule has 0 aromatic rings. The number of esters is 1. The molecule has 0 heterocycles. The molecule has 0 aliphatic heterocycles. The summed E-state index contributed by atoms with van der Waals surface area (Å²) in [5.41, 5.74) is 1.23. The van der Waals surface area contributed by atoms with Crippen molar-refractivity contribution < 1.29 is 19.1 Å². The van der Waals surface area contributed by atoms with Crippen LogP contribution in [0.3, 0.4) is 0 Å². The van der Waals surface area contributed by atoms with Gasteiger partial charge in [-0.3, -0.25) is 9.59 Å². The molecule has 4 fully saturated rings. The lowest BCUT2D eigenvalue weighted by Crippen LogP contribution is -2.67. The molecule has 0 aromatic carbocycles. The maximum absolute atomic E-state index is 12.8. The minimum Gasteiger partial charge on any atom is -0.469 e. The summed E-state index contributed by atoms with van der Waals surface area (Å²) in [5, 5.41) is 0. The van der Waals surface area contributed by atoms with Gasteiger partial charge in [0.25, 0.3) is 6.47 Å². The quantitative estimate of drug-likeness (QED) is 0.295. The second kappa shape index (κ2) is 8.48. The first-order valence-corrected chi connectivity index (χ1v) is 14.3. The molecule has 35 heavy (non-hydrogen) atoms. The Morgan fingerprint density at radius 1 is 0.886 bits per heavy atom. The average molecular weight is 489 g/mol. The molecule has 0 bridgehead atoms. The summed E-state index contributed by atoms with van der Waals surface area (Å²) in [5.74, 6) is 1.32. The molecule has 0 N–H and O–H groups in total. The van der Waals surface area contributed by atoms with Crippen molar-refractivity contribution in [3.63, 3.8) is 0 Å². The fourth-order valence-electron chi connectivity index (χ4n) is 10.6. The molecule has 200 valence electrons. The molecule has 4 aliphatic rings. The van der Waals surface area contributed by atoms with Gasteiger partial charge >= 0.3 is 5.97 Å². The Kier molecular flexibility index (Phi) is 6.54. The van der Waals surface area contributed by atoms with E-state index in [1.165, 1.54) is 45.6 Å². The molecule has 0 radical (unpaired) electrons. The molecule has 4 nitrogen and oxygen atoms in total. The van der Waals surface area contributed by atoms with Crippen LogP contribution in [-0.2, 0) is 19.1 Å². The topological polar surface area (TPSA) is 52.6 Å². The predicted octanol–water partition coefficient (Wildman–Crippen LogP) is 7.58. The van der Waals surface area contributed by atoms with Gasteiger partial charge in [-0.05, 0) is 110 Å². The Labute approximate surface area is 214 Å². The van der Waals surface area contributed by atoms with E-state index < -0.39 is 0 Å². The van der Waals surface area contributed by atoms with E-state index >= 15 is 0 Å². The van der Waals surface area contributed by atoms with Gasteiger partial charge in [-0.2, -0.15) is 0 Å². The summed E-state index contributed by atoms with van der Waals surface area (Å²) >= 11 is 0. The van der Waals surface area contributed by atoms with Crippen molar-refractivity contribution in [3.8, 4) is 0 Å². The molecule has 4 aliphatic carbocycles. The zero-order chi connectivity index (χ0) is 26.1. The maximum atomic E-state index is 12.8. The van der Waals surface area contributed by atoms with E-state index in [1.54, 1.807) is 0 Å². The zero-order valence-electron chi connectivity index (χ0n) is 24.1. The van der Waals surface area contributed by atoms with Crippen LogP contribution in [-0.4, -0.2) is 25.7 Å². The normalized spacial score (nSPS) is 49.6. The molecule has 9 atom stereocenters. The standard InChI is InChI=1S/C31H52O4/c1-21(35-20-32)28(5)11-10-22-29(6,23(28)18-25(33)34-9)15-17-31(8)24-19-26(2,3)12-13-27(24,4)14-16-30(22,31)7/h20-24H,10-19H2,1-9H3/t21-,22+,23-,24-,27-,28-,29-,30-,31+/m1/s1. The number of methoxy groups -OCH3 is 1. The highest BCUT2D eigenvalue weighted by atomic mass is 16.5. The summed E-state index contributed by atoms with van der Waals surface area (Å²) in [6.07, 6.45) is 11.4. The SMILES string of the molecule is COC(=O)C[C@@H]1[C@@](C)([C@@H](C)OC=O)CC[C@H]2[C@@]1(C)CC[C@@]1(C)[C@@H]3CC(C)(C)CC[C@]3(C)CC[C@]21C. The van der Waals surface area contributed by atoms with E-state index in [9.17, 15) is 9.59 Å². The zero-order valence-corrected chi connectivity index (χ0v) is 24.1. The first-order chi connectivity index (χ1) is 16.1. The summed E-state index contributed by atoms with van der Waals surface area (Å²) in [6.45, 7) is 20.2. The van der Waals surface area contributed by atoms with Gasteiger partial charge in [0.1, 0.15) is 6.10 Å². The summed E-state index contributed by atoms with van der Waals surface area (Å²) < 4.78 is 10.8. The monoisotopic (exact) mass is 488 g/mol.